The minimum Gasteiger partial charge on any atom is -0.379 e. The predicted molar refractivity (Wildman–Crippen MR) is 72.4 cm³/mol. The Morgan fingerprint density at radius 1 is 1.17 bits per heavy atom. The number of rotatable bonds is 3. The molecule has 0 amide bonds. The van der Waals surface area contributed by atoms with Crippen molar-refractivity contribution in [1.29, 1.82) is 0 Å². The van der Waals surface area contributed by atoms with E-state index in [0.717, 1.165) is 28.0 Å². The number of imidazole rings is 1. The van der Waals surface area contributed by atoms with Crippen molar-refractivity contribution in [2.75, 3.05) is 5.32 Å². The summed E-state index contributed by atoms with van der Waals surface area (Å²) >= 11 is 0. The Labute approximate surface area is 105 Å². The molecule has 4 nitrogen and oxygen atoms in total. The fourth-order valence-electron chi connectivity index (χ4n) is 2.00. The fourth-order valence-corrected chi connectivity index (χ4v) is 2.00. The van der Waals surface area contributed by atoms with Crippen LogP contribution in [0.4, 0.5) is 5.69 Å². The summed E-state index contributed by atoms with van der Waals surface area (Å²) in [6.07, 6.45) is 3.53. The van der Waals surface area contributed by atoms with E-state index in [-0.39, 0.29) is 0 Å². The Morgan fingerprint density at radius 3 is 2.94 bits per heavy atom. The van der Waals surface area contributed by atoms with E-state index >= 15 is 0 Å². The van der Waals surface area contributed by atoms with Gasteiger partial charge in [-0.2, -0.15) is 0 Å². The highest BCUT2D eigenvalue weighted by Gasteiger charge is 2.03. The molecule has 2 heterocycles. The van der Waals surface area contributed by atoms with Gasteiger partial charge < -0.3 is 10.3 Å². The molecule has 0 aliphatic rings. The zero-order valence-corrected chi connectivity index (χ0v) is 10.1. The molecule has 4 heteroatoms. The average molecular weight is 238 g/mol. The molecule has 0 saturated carbocycles. The first-order valence-corrected chi connectivity index (χ1v) is 5.91. The largest absolute Gasteiger partial charge is 0.379 e. The topological polar surface area (TPSA) is 53.6 Å². The van der Waals surface area contributed by atoms with Crippen molar-refractivity contribution < 1.29 is 0 Å². The number of hydrogen-bond donors (Lipinski definition) is 2. The minimum atomic E-state index is 0.712. The summed E-state index contributed by atoms with van der Waals surface area (Å²) in [7, 11) is 0. The maximum atomic E-state index is 4.34. The summed E-state index contributed by atoms with van der Waals surface area (Å²) in [5.41, 5.74) is 4.22. The molecule has 0 radical (unpaired) electrons. The van der Waals surface area contributed by atoms with Crippen molar-refractivity contribution in [3.63, 3.8) is 0 Å². The molecule has 0 aliphatic heterocycles. The quantitative estimate of drug-likeness (QED) is 0.737. The molecule has 90 valence electrons. The molecule has 2 aromatic heterocycles. The van der Waals surface area contributed by atoms with Crippen molar-refractivity contribution in [2.45, 2.75) is 13.5 Å². The number of nitrogens with one attached hydrogen (secondary N) is 2. The van der Waals surface area contributed by atoms with Gasteiger partial charge in [0, 0.05) is 23.0 Å². The van der Waals surface area contributed by atoms with Crippen LogP contribution < -0.4 is 5.32 Å². The molecular weight excluding hydrogens is 224 g/mol. The second-order valence-electron chi connectivity index (χ2n) is 4.20. The highest BCUT2D eigenvalue weighted by Crippen LogP contribution is 2.21. The van der Waals surface area contributed by atoms with E-state index in [1.165, 1.54) is 0 Å². The van der Waals surface area contributed by atoms with Crippen LogP contribution in [0.25, 0.3) is 10.9 Å². The third-order valence-corrected chi connectivity index (χ3v) is 3.03. The third-order valence-electron chi connectivity index (χ3n) is 3.03. The Kier molecular flexibility index (Phi) is 2.68. The van der Waals surface area contributed by atoms with Gasteiger partial charge >= 0.3 is 0 Å². The number of pyridine rings is 1. The number of benzene rings is 1. The fraction of sp³-hybridized carbons (Fsp3) is 0.143. The van der Waals surface area contributed by atoms with Crippen molar-refractivity contribution >= 4 is 16.6 Å². The number of hydrogen-bond acceptors (Lipinski definition) is 3. The van der Waals surface area contributed by atoms with Crippen LogP contribution in [0.1, 0.15) is 11.4 Å². The molecule has 0 fully saturated rings. The van der Waals surface area contributed by atoms with Gasteiger partial charge in [-0.1, -0.05) is 6.07 Å². The molecule has 18 heavy (non-hydrogen) atoms. The zero-order chi connectivity index (χ0) is 12.4. The van der Waals surface area contributed by atoms with E-state index in [1.54, 1.807) is 6.33 Å². The van der Waals surface area contributed by atoms with Gasteiger partial charge in [0.2, 0.25) is 0 Å². The first-order chi connectivity index (χ1) is 8.84. The van der Waals surface area contributed by atoms with Crippen molar-refractivity contribution in [3.8, 4) is 0 Å². The van der Waals surface area contributed by atoms with Crippen LogP contribution in [0.15, 0.2) is 42.9 Å². The lowest BCUT2D eigenvalue weighted by molar-refractivity contribution is 1.05. The molecular formula is C14H14N4. The van der Waals surface area contributed by atoms with Crippen LogP contribution in [0.2, 0.25) is 0 Å². The summed E-state index contributed by atoms with van der Waals surface area (Å²) < 4.78 is 0. The molecule has 0 aliphatic carbocycles. The normalized spacial score (nSPS) is 10.7. The maximum absolute atomic E-state index is 4.34. The number of nitrogens with zero attached hydrogens (tertiary/aromatic N) is 2. The summed E-state index contributed by atoms with van der Waals surface area (Å²) in [4.78, 5) is 11.7. The van der Waals surface area contributed by atoms with E-state index in [9.17, 15) is 0 Å². The summed E-state index contributed by atoms with van der Waals surface area (Å²) in [5.74, 6) is 0. The van der Waals surface area contributed by atoms with Crippen molar-refractivity contribution in [3.05, 3.63) is 54.2 Å². The Hall–Kier alpha value is -2.36. The molecule has 0 atom stereocenters. The molecule has 0 spiro atoms. The van der Waals surface area contributed by atoms with Gasteiger partial charge in [-0.15, -0.1) is 0 Å². The molecule has 3 aromatic rings. The van der Waals surface area contributed by atoms with Gasteiger partial charge in [0.1, 0.15) is 0 Å². The van der Waals surface area contributed by atoms with E-state index in [1.807, 2.05) is 31.3 Å². The number of aryl methyl sites for hydroxylation is 1. The van der Waals surface area contributed by atoms with Crippen molar-refractivity contribution in [1.82, 2.24) is 15.0 Å². The van der Waals surface area contributed by atoms with E-state index in [4.69, 9.17) is 0 Å². The van der Waals surface area contributed by atoms with Crippen LogP contribution in [0.3, 0.4) is 0 Å². The monoisotopic (exact) mass is 238 g/mol. The Balaban J connectivity index is 1.89. The summed E-state index contributed by atoms with van der Waals surface area (Å²) in [6.45, 7) is 2.73. The highest BCUT2D eigenvalue weighted by atomic mass is 14.9. The van der Waals surface area contributed by atoms with E-state index in [0.29, 0.717) is 6.54 Å². The highest BCUT2D eigenvalue weighted by molar-refractivity contribution is 5.91. The number of aromatic amines is 1. The van der Waals surface area contributed by atoms with Gasteiger partial charge in [-0.25, -0.2) is 4.98 Å². The van der Waals surface area contributed by atoms with Crippen LogP contribution in [-0.4, -0.2) is 15.0 Å². The number of anilines is 1. The van der Waals surface area contributed by atoms with Crippen LogP contribution >= 0.6 is 0 Å². The second kappa shape index (κ2) is 4.49. The van der Waals surface area contributed by atoms with Gasteiger partial charge in [0.25, 0.3) is 0 Å². The number of aromatic nitrogens is 3. The molecule has 3 rings (SSSR count). The first kappa shape index (κ1) is 10.8. The lowest BCUT2D eigenvalue weighted by atomic mass is 10.2. The number of H-pyrrole nitrogens is 1. The van der Waals surface area contributed by atoms with Crippen LogP contribution in [-0.2, 0) is 6.54 Å². The van der Waals surface area contributed by atoms with Gasteiger partial charge in [-0.3, -0.25) is 4.98 Å². The van der Waals surface area contributed by atoms with Crippen LogP contribution in [0, 0.1) is 6.92 Å². The summed E-state index contributed by atoms with van der Waals surface area (Å²) in [5, 5.41) is 4.54. The lowest BCUT2D eigenvalue weighted by Gasteiger charge is -2.08. The number of fused-ring (bicyclic) bond motifs is 1. The molecule has 0 unspecified atom stereocenters. The van der Waals surface area contributed by atoms with Crippen LogP contribution in [0.5, 0.6) is 0 Å². The van der Waals surface area contributed by atoms with Crippen molar-refractivity contribution in [2.24, 2.45) is 0 Å². The average Bonchev–Trinajstić information content (AvgIpc) is 2.82. The molecule has 0 bridgehead atoms. The van der Waals surface area contributed by atoms with Gasteiger partial charge in [0.05, 0.1) is 24.1 Å². The molecule has 1 aromatic carbocycles. The smallest absolute Gasteiger partial charge is 0.0925 e. The first-order valence-electron chi connectivity index (χ1n) is 5.91. The summed E-state index contributed by atoms with van der Waals surface area (Å²) in [6, 6.07) is 10.1. The predicted octanol–water partition coefficient (Wildman–Crippen LogP) is 2.88. The molecule has 0 saturated heterocycles. The standard InChI is InChI=1S/C14H14N4/c1-10-14(18-9-17-10)8-16-13-6-2-5-12-11(13)4-3-7-15-12/h2-7,9,16H,8H2,1H3,(H,17,18). The van der Waals surface area contributed by atoms with E-state index < -0.39 is 0 Å². The SMILES string of the molecule is Cc1[nH]cnc1CNc1cccc2ncccc12. The van der Waals surface area contributed by atoms with Gasteiger partial charge in [0.15, 0.2) is 0 Å². The minimum absolute atomic E-state index is 0.712. The third kappa shape index (κ3) is 1.93. The lowest BCUT2D eigenvalue weighted by Crippen LogP contribution is -2.01. The maximum Gasteiger partial charge on any atom is 0.0925 e. The Morgan fingerprint density at radius 2 is 2.11 bits per heavy atom. The zero-order valence-electron chi connectivity index (χ0n) is 10.1. The Bertz CT molecular complexity index is 667. The van der Waals surface area contributed by atoms with Gasteiger partial charge in [-0.05, 0) is 31.2 Å². The molecule has 2 N–H and O–H groups in total. The second-order valence-corrected chi connectivity index (χ2v) is 4.20. The van der Waals surface area contributed by atoms with E-state index in [2.05, 4.69) is 32.4 Å².